The summed E-state index contributed by atoms with van der Waals surface area (Å²) in [6, 6.07) is 0. The van der Waals surface area contributed by atoms with Crippen molar-refractivity contribution < 1.29 is 5.11 Å². The van der Waals surface area contributed by atoms with Gasteiger partial charge >= 0.3 is 0 Å². The maximum absolute atomic E-state index is 8.88. The fourth-order valence-electron chi connectivity index (χ4n) is 1.76. The maximum atomic E-state index is 8.88. The summed E-state index contributed by atoms with van der Waals surface area (Å²) in [7, 11) is 2.14. The van der Waals surface area contributed by atoms with Crippen molar-refractivity contribution >= 4 is 11.3 Å². The highest BCUT2D eigenvalue weighted by Gasteiger charge is 2.22. The standard InChI is InChI=1S/C9H14N2OS/c1-11-3-2-7(4-11)8-6-13-9(5-12)10-8/h6-7,12H,2-5H2,1H3. The molecule has 0 bridgehead atoms. The van der Waals surface area contributed by atoms with E-state index in [1.165, 1.54) is 12.1 Å². The molecule has 3 nitrogen and oxygen atoms in total. The Morgan fingerprint density at radius 2 is 2.62 bits per heavy atom. The second kappa shape index (κ2) is 3.74. The predicted molar refractivity (Wildman–Crippen MR) is 52.9 cm³/mol. The van der Waals surface area contributed by atoms with Gasteiger partial charge in [-0.25, -0.2) is 4.98 Å². The Hall–Kier alpha value is -0.450. The largest absolute Gasteiger partial charge is 0.389 e. The number of rotatable bonds is 2. The van der Waals surface area contributed by atoms with Gasteiger partial charge in [0.1, 0.15) is 5.01 Å². The molecule has 1 N–H and O–H groups in total. The van der Waals surface area contributed by atoms with Crippen molar-refractivity contribution in [2.24, 2.45) is 0 Å². The first kappa shape index (κ1) is 9.12. The highest BCUT2D eigenvalue weighted by Crippen LogP contribution is 2.27. The molecule has 1 aromatic rings. The second-order valence-electron chi connectivity index (χ2n) is 3.57. The van der Waals surface area contributed by atoms with Gasteiger partial charge in [0.2, 0.25) is 0 Å². The molecule has 2 heterocycles. The molecule has 1 aliphatic rings. The molecule has 1 atom stereocenters. The summed E-state index contributed by atoms with van der Waals surface area (Å²) in [5.41, 5.74) is 1.17. The molecule has 0 saturated carbocycles. The molecule has 4 heteroatoms. The number of aromatic nitrogens is 1. The van der Waals surface area contributed by atoms with E-state index in [0.717, 1.165) is 18.1 Å². The number of thiazole rings is 1. The quantitative estimate of drug-likeness (QED) is 0.772. The van der Waals surface area contributed by atoms with Crippen LogP contribution in [0.15, 0.2) is 5.38 Å². The minimum atomic E-state index is 0.0766. The molecular weight excluding hydrogens is 184 g/mol. The number of hydrogen-bond donors (Lipinski definition) is 1. The zero-order valence-electron chi connectivity index (χ0n) is 7.73. The average molecular weight is 198 g/mol. The zero-order valence-corrected chi connectivity index (χ0v) is 8.55. The van der Waals surface area contributed by atoms with Gasteiger partial charge in [-0.05, 0) is 20.0 Å². The van der Waals surface area contributed by atoms with Gasteiger partial charge < -0.3 is 10.0 Å². The van der Waals surface area contributed by atoms with Crippen LogP contribution in [-0.2, 0) is 6.61 Å². The van der Waals surface area contributed by atoms with Crippen molar-refractivity contribution in [1.29, 1.82) is 0 Å². The summed E-state index contributed by atoms with van der Waals surface area (Å²) in [5.74, 6) is 0.585. The predicted octanol–water partition coefficient (Wildman–Crippen LogP) is 1.05. The number of likely N-dealkylation sites (N-methyl/N-ethyl adjacent to an activating group) is 1. The van der Waals surface area contributed by atoms with Gasteiger partial charge in [0.05, 0.1) is 12.3 Å². The van der Waals surface area contributed by atoms with Crippen LogP contribution in [0.1, 0.15) is 23.0 Å². The summed E-state index contributed by atoms with van der Waals surface area (Å²) >= 11 is 1.56. The highest BCUT2D eigenvalue weighted by atomic mass is 32.1. The molecule has 0 radical (unpaired) electrons. The first-order chi connectivity index (χ1) is 6.29. The van der Waals surface area contributed by atoms with Gasteiger partial charge in [0, 0.05) is 17.8 Å². The van der Waals surface area contributed by atoms with Crippen LogP contribution in [0.5, 0.6) is 0 Å². The average Bonchev–Trinajstić information content (AvgIpc) is 2.71. The molecule has 1 aliphatic heterocycles. The summed E-state index contributed by atoms with van der Waals surface area (Å²) < 4.78 is 0. The van der Waals surface area contributed by atoms with Crippen LogP contribution in [0.2, 0.25) is 0 Å². The van der Waals surface area contributed by atoms with Crippen LogP contribution < -0.4 is 0 Å². The van der Waals surface area contributed by atoms with Gasteiger partial charge in [-0.15, -0.1) is 11.3 Å². The van der Waals surface area contributed by atoms with Gasteiger partial charge in [0.15, 0.2) is 0 Å². The number of aliphatic hydroxyl groups excluding tert-OH is 1. The van der Waals surface area contributed by atoms with E-state index < -0.39 is 0 Å². The van der Waals surface area contributed by atoms with E-state index in [1.807, 2.05) is 0 Å². The van der Waals surface area contributed by atoms with Gasteiger partial charge in [-0.3, -0.25) is 0 Å². The summed E-state index contributed by atoms with van der Waals surface area (Å²) in [5, 5.41) is 11.8. The van der Waals surface area contributed by atoms with Gasteiger partial charge in [-0.1, -0.05) is 0 Å². The van der Waals surface area contributed by atoms with E-state index >= 15 is 0 Å². The third-order valence-corrected chi connectivity index (χ3v) is 3.37. The van der Waals surface area contributed by atoms with Crippen LogP contribution in [0.3, 0.4) is 0 Å². The third kappa shape index (κ3) is 1.90. The zero-order chi connectivity index (χ0) is 9.26. The maximum Gasteiger partial charge on any atom is 0.118 e. The molecule has 72 valence electrons. The number of hydrogen-bond acceptors (Lipinski definition) is 4. The summed E-state index contributed by atoms with van der Waals surface area (Å²) in [4.78, 5) is 6.71. The van der Waals surface area contributed by atoms with Crippen molar-refractivity contribution in [3.63, 3.8) is 0 Å². The first-order valence-corrected chi connectivity index (χ1v) is 5.41. The van der Waals surface area contributed by atoms with E-state index in [4.69, 9.17) is 5.11 Å². The lowest BCUT2D eigenvalue weighted by molar-refractivity contribution is 0.281. The number of likely N-dealkylation sites (tertiary alicyclic amines) is 1. The molecule has 2 rings (SSSR count). The van der Waals surface area contributed by atoms with E-state index in [0.29, 0.717) is 5.92 Å². The molecule has 1 aromatic heterocycles. The minimum absolute atomic E-state index is 0.0766. The molecule has 1 unspecified atom stereocenters. The molecular formula is C9H14N2OS. The van der Waals surface area contributed by atoms with Crippen LogP contribution in [0.4, 0.5) is 0 Å². The fraction of sp³-hybridized carbons (Fsp3) is 0.667. The summed E-state index contributed by atoms with van der Waals surface area (Å²) in [6.07, 6.45) is 1.20. The van der Waals surface area contributed by atoms with Crippen molar-refractivity contribution in [2.75, 3.05) is 20.1 Å². The highest BCUT2D eigenvalue weighted by molar-refractivity contribution is 7.09. The number of nitrogens with zero attached hydrogens (tertiary/aromatic N) is 2. The SMILES string of the molecule is CN1CCC(c2csc(CO)n2)C1. The molecule has 0 aliphatic carbocycles. The molecule has 1 fully saturated rings. The monoisotopic (exact) mass is 198 g/mol. The fourth-order valence-corrected chi connectivity index (χ4v) is 2.50. The lowest BCUT2D eigenvalue weighted by atomic mass is 10.1. The number of aliphatic hydroxyl groups is 1. The Balaban J connectivity index is 2.08. The van der Waals surface area contributed by atoms with Gasteiger partial charge in [0.25, 0.3) is 0 Å². The van der Waals surface area contributed by atoms with Crippen LogP contribution >= 0.6 is 11.3 Å². The lowest BCUT2D eigenvalue weighted by Gasteiger charge is -2.06. The van der Waals surface area contributed by atoms with Crippen LogP contribution in [0.25, 0.3) is 0 Å². The Morgan fingerprint density at radius 1 is 1.77 bits per heavy atom. The first-order valence-electron chi connectivity index (χ1n) is 4.53. The Bertz CT molecular complexity index is 287. The van der Waals surface area contributed by atoms with E-state index in [2.05, 4.69) is 22.3 Å². The third-order valence-electron chi connectivity index (χ3n) is 2.51. The van der Waals surface area contributed by atoms with Gasteiger partial charge in [-0.2, -0.15) is 0 Å². The van der Waals surface area contributed by atoms with Crippen molar-refractivity contribution in [2.45, 2.75) is 18.9 Å². The minimum Gasteiger partial charge on any atom is -0.389 e. The van der Waals surface area contributed by atoms with Crippen LogP contribution in [-0.4, -0.2) is 35.1 Å². The topological polar surface area (TPSA) is 36.4 Å². The lowest BCUT2D eigenvalue weighted by Crippen LogP contribution is -2.13. The Morgan fingerprint density at radius 3 is 3.15 bits per heavy atom. The van der Waals surface area contributed by atoms with Crippen molar-refractivity contribution in [3.05, 3.63) is 16.1 Å². The van der Waals surface area contributed by atoms with E-state index in [1.54, 1.807) is 11.3 Å². The van der Waals surface area contributed by atoms with Crippen LogP contribution in [0, 0.1) is 0 Å². The molecule has 13 heavy (non-hydrogen) atoms. The van der Waals surface area contributed by atoms with E-state index in [9.17, 15) is 0 Å². The Labute approximate surface area is 82.0 Å². The van der Waals surface area contributed by atoms with Crippen molar-refractivity contribution in [1.82, 2.24) is 9.88 Å². The van der Waals surface area contributed by atoms with Crippen molar-refractivity contribution in [3.8, 4) is 0 Å². The summed E-state index contributed by atoms with van der Waals surface area (Å²) in [6.45, 7) is 2.35. The smallest absolute Gasteiger partial charge is 0.118 e. The molecule has 1 saturated heterocycles. The molecule has 0 amide bonds. The molecule has 0 spiro atoms. The second-order valence-corrected chi connectivity index (χ2v) is 4.51. The Kier molecular flexibility index (Phi) is 2.62. The molecule has 0 aromatic carbocycles. The normalized spacial score (nSPS) is 24.0. The van der Waals surface area contributed by atoms with E-state index in [-0.39, 0.29) is 6.61 Å².